The Morgan fingerprint density at radius 1 is 1.19 bits per heavy atom. The van der Waals surface area contributed by atoms with E-state index in [1.54, 1.807) is 6.07 Å². The number of ketones is 1. The van der Waals surface area contributed by atoms with E-state index in [0.717, 1.165) is 12.1 Å². The van der Waals surface area contributed by atoms with E-state index in [0.29, 0.717) is 6.07 Å². The zero-order valence-corrected chi connectivity index (χ0v) is 11.9. The van der Waals surface area contributed by atoms with Gasteiger partial charge in [0.05, 0.1) is 16.1 Å². The molecule has 0 fully saturated rings. The Balaban J connectivity index is 2.49. The van der Waals surface area contributed by atoms with Gasteiger partial charge in [-0.25, -0.2) is 8.78 Å². The van der Waals surface area contributed by atoms with Crippen molar-refractivity contribution in [1.82, 2.24) is 0 Å². The highest BCUT2D eigenvalue weighted by Crippen LogP contribution is 2.30. The van der Waals surface area contributed by atoms with Gasteiger partial charge in [-0.15, -0.1) is 0 Å². The molecule has 21 heavy (non-hydrogen) atoms. The van der Waals surface area contributed by atoms with E-state index >= 15 is 0 Å². The zero-order valence-electron chi connectivity index (χ0n) is 10.4. The van der Waals surface area contributed by atoms with Gasteiger partial charge in [-0.2, -0.15) is 5.26 Å². The van der Waals surface area contributed by atoms with E-state index in [2.05, 4.69) is 0 Å². The standard InChI is InChI=1S/C15H7Cl2F2NO/c16-12-3-1-2-10(14(12)17)15(21)11(7-20)9-5-4-8(18)6-13(9)19/h1-6,11H. The molecule has 0 aliphatic heterocycles. The molecule has 0 aromatic heterocycles. The number of carbonyl (C=O) groups is 1. The summed E-state index contributed by atoms with van der Waals surface area (Å²) in [4.78, 5) is 12.4. The lowest BCUT2D eigenvalue weighted by Gasteiger charge is -2.11. The fraction of sp³-hybridized carbons (Fsp3) is 0.0667. The van der Waals surface area contributed by atoms with Gasteiger partial charge < -0.3 is 0 Å². The topological polar surface area (TPSA) is 40.9 Å². The van der Waals surface area contributed by atoms with Crippen molar-refractivity contribution < 1.29 is 13.6 Å². The highest BCUT2D eigenvalue weighted by Gasteiger charge is 2.27. The summed E-state index contributed by atoms with van der Waals surface area (Å²) in [6.45, 7) is 0. The van der Waals surface area contributed by atoms with Crippen molar-refractivity contribution in [2.75, 3.05) is 0 Å². The number of hydrogen-bond donors (Lipinski definition) is 0. The number of benzene rings is 2. The second kappa shape index (κ2) is 6.21. The van der Waals surface area contributed by atoms with Crippen LogP contribution in [0.25, 0.3) is 0 Å². The third-order valence-corrected chi connectivity index (χ3v) is 3.70. The average Bonchev–Trinajstić information content (AvgIpc) is 2.44. The first-order valence-corrected chi connectivity index (χ1v) is 6.54. The predicted molar refractivity (Wildman–Crippen MR) is 75.5 cm³/mol. The second-order valence-corrected chi connectivity index (χ2v) is 4.98. The molecule has 0 saturated carbocycles. The smallest absolute Gasteiger partial charge is 0.186 e. The molecule has 0 N–H and O–H groups in total. The summed E-state index contributed by atoms with van der Waals surface area (Å²) in [5.41, 5.74) is -0.195. The highest BCUT2D eigenvalue weighted by atomic mass is 35.5. The molecular formula is C15H7Cl2F2NO. The summed E-state index contributed by atoms with van der Waals surface area (Å²) >= 11 is 11.7. The molecule has 0 amide bonds. The molecule has 2 nitrogen and oxygen atoms in total. The maximum Gasteiger partial charge on any atom is 0.186 e. The van der Waals surface area contributed by atoms with Crippen LogP contribution in [0.5, 0.6) is 0 Å². The molecule has 0 bridgehead atoms. The van der Waals surface area contributed by atoms with Gasteiger partial charge in [-0.1, -0.05) is 35.3 Å². The highest BCUT2D eigenvalue weighted by molar-refractivity contribution is 6.44. The second-order valence-electron chi connectivity index (χ2n) is 4.19. The third-order valence-electron chi connectivity index (χ3n) is 2.88. The summed E-state index contributed by atoms with van der Waals surface area (Å²) in [6.07, 6.45) is 0. The quantitative estimate of drug-likeness (QED) is 0.763. The third kappa shape index (κ3) is 3.05. The van der Waals surface area contributed by atoms with Crippen LogP contribution in [0.4, 0.5) is 8.78 Å². The first kappa shape index (κ1) is 15.4. The van der Waals surface area contributed by atoms with Crippen LogP contribution in [0.3, 0.4) is 0 Å². The minimum atomic E-state index is -1.43. The van der Waals surface area contributed by atoms with E-state index < -0.39 is 23.3 Å². The zero-order chi connectivity index (χ0) is 15.6. The molecule has 1 unspecified atom stereocenters. The van der Waals surface area contributed by atoms with E-state index in [1.807, 2.05) is 0 Å². The Kier molecular flexibility index (Phi) is 4.56. The SMILES string of the molecule is N#CC(C(=O)c1cccc(Cl)c1Cl)c1ccc(F)cc1F. The van der Waals surface area contributed by atoms with Crippen molar-refractivity contribution in [2.45, 2.75) is 5.92 Å². The molecule has 1 atom stereocenters. The van der Waals surface area contributed by atoms with Gasteiger partial charge in [0.1, 0.15) is 17.6 Å². The number of nitrogens with zero attached hydrogens (tertiary/aromatic N) is 1. The Morgan fingerprint density at radius 3 is 2.52 bits per heavy atom. The molecule has 106 valence electrons. The fourth-order valence-electron chi connectivity index (χ4n) is 1.85. The summed E-state index contributed by atoms with van der Waals surface area (Å²) in [5.74, 6) is -3.88. The predicted octanol–water partition coefficient (Wildman–Crippen LogP) is 4.76. The van der Waals surface area contributed by atoms with Gasteiger partial charge in [-0.05, 0) is 18.2 Å². The maximum atomic E-state index is 13.7. The van der Waals surface area contributed by atoms with Gasteiger partial charge in [0, 0.05) is 17.2 Å². The summed E-state index contributed by atoms with van der Waals surface area (Å²) < 4.78 is 26.7. The monoisotopic (exact) mass is 325 g/mol. The van der Waals surface area contributed by atoms with E-state index in [4.69, 9.17) is 28.5 Å². The lowest BCUT2D eigenvalue weighted by molar-refractivity contribution is 0.0977. The summed E-state index contributed by atoms with van der Waals surface area (Å²) in [5, 5.41) is 9.30. The molecule has 2 aromatic rings. The number of carbonyl (C=O) groups excluding carboxylic acids is 1. The number of hydrogen-bond acceptors (Lipinski definition) is 2. The van der Waals surface area contributed by atoms with Crippen LogP contribution >= 0.6 is 23.2 Å². The molecule has 0 saturated heterocycles. The van der Waals surface area contributed by atoms with Gasteiger partial charge in [-0.3, -0.25) is 4.79 Å². The maximum absolute atomic E-state index is 13.7. The van der Waals surface area contributed by atoms with Crippen LogP contribution in [0.15, 0.2) is 36.4 Å². The lowest BCUT2D eigenvalue weighted by atomic mass is 9.91. The van der Waals surface area contributed by atoms with Gasteiger partial charge in [0.2, 0.25) is 0 Å². The fourth-order valence-corrected chi connectivity index (χ4v) is 2.25. The molecule has 0 aliphatic rings. The van der Waals surface area contributed by atoms with Crippen molar-refractivity contribution in [3.05, 3.63) is 69.2 Å². The normalized spacial score (nSPS) is 11.8. The number of Topliss-reactive ketones (excluding diaryl/α,β-unsaturated/α-hetero) is 1. The molecular weight excluding hydrogens is 319 g/mol. The Bertz CT molecular complexity index is 756. The van der Waals surface area contributed by atoms with Crippen LogP contribution in [0.2, 0.25) is 10.0 Å². The Labute approximate surface area is 129 Å². The lowest BCUT2D eigenvalue weighted by Crippen LogP contribution is -2.13. The molecule has 6 heteroatoms. The van der Waals surface area contributed by atoms with Gasteiger partial charge in [0.25, 0.3) is 0 Å². The van der Waals surface area contributed by atoms with Gasteiger partial charge >= 0.3 is 0 Å². The number of rotatable bonds is 3. The molecule has 0 aliphatic carbocycles. The van der Waals surface area contributed by atoms with Crippen LogP contribution in [-0.2, 0) is 0 Å². The molecule has 0 heterocycles. The average molecular weight is 326 g/mol. The molecule has 0 spiro atoms. The van der Waals surface area contributed by atoms with Crippen LogP contribution < -0.4 is 0 Å². The first-order valence-electron chi connectivity index (χ1n) is 5.78. The number of nitriles is 1. The minimum Gasteiger partial charge on any atom is -0.292 e. The van der Waals surface area contributed by atoms with E-state index in [1.165, 1.54) is 18.2 Å². The van der Waals surface area contributed by atoms with Crippen molar-refractivity contribution in [2.24, 2.45) is 0 Å². The summed E-state index contributed by atoms with van der Waals surface area (Å²) in [6, 6.07) is 8.75. The van der Waals surface area contributed by atoms with E-state index in [9.17, 15) is 13.6 Å². The van der Waals surface area contributed by atoms with Crippen LogP contribution in [0, 0.1) is 23.0 Å². The molecule has 2 aromatic carbocycles. The number of halogens is 4. The van der Waals surface area contributed by atoms with Crippen LogP contribution in [-0.4, -0.2) is 5.78 Å². The largest absolute Gasteiger partial charge is 0.292 e. The molecule has 2 rings (SSSR count). The Morgan fingerprint density at radius 2 is 1.90 bits per heavy atom. The summed E-state index contributed by atoms with van der Waals surface area (Å²) in [7, 11) is 0. The van der Waals surface area contributed by atoms with Gasteiger partial charge in [0.15, 0.2) is 5.78 Å². The van der Waals surface area contributed by atoms with E-state index in [-0.39, 0.29) is 21.2 Å². The Hall–Kier alpha value is -1.96. The van der Waals surface area contributed by atoms with Crippen LogP contribution in [0.1, 0.15) is 21.8 Å². The van der Waals surface area contributed by atoms with Crippen molar-refractivity contribution >= 4 is 29.0 Å². The van der Waals surface area contributed by atoms with Crippen molar-refractivity contribution in [3.63, 3.8) is 0 Å². The molecule has 0 radical (unpaired) electrons. The first-order chi connectivity index (χ1) is 9.95. The minimum absolute atomic E-state index is 0.00747. The van der Waals surface area contributed by atoms with Crippen molar-refractivity contribution in [3.8, 4) is 6.07 Å². The van der Waals surface area contributed by atoms with Crippen molar-refractivity contribution in [1.29, 1.82) is 5.26 Å².